The number of pyridine rings is 1. The Kier molecular flexibility index (Phi) is 5.66. The molecule has 0 bridgehead atoms. The van der Waals surface area contributed by atoms with Gasteiger partial charge in [-0.1, -0.05) is 6.92 Å². The number of hydrogen-bond acceptors (Lipinski definition) is 5. The van der Waals surface area contributed by atoms with Gasteiger partial charge in [-0.05, 0) is 31.4 Å². The molecule has 2 rings (SSSR count). The molecule has 2 heterocycles. The highest BCUT2D eigenvalue weighted by Crippen LogP contribution is 2.21. The molecule has 0 unspecified atom stereocenters. The highest BCUT2D eigenvalue weighted by atomic mass is 16.5. The minimum absolute atomic E-state index is 0.206. The summed E-state index contributed by atoms with van der Waals surface area (Å²) in [5.41, 5.74) is 6.34. The van der Waals surface area contributed by atoms with E-state index in [1.807, 2.05) is 11.8 Å². The van der Waals surface area contributed by atoms with Crippen LogP contribution in [0.5, 0.6) is 5.88 Å². The first kappa shape index (κ1) is 15.4. The third-order valence-electron chi connectivity index (χ3n) is 3.44. The summed E-state index contributed by atoms with van der Waals surface area (Å²) in [4.78, 5) is 18.2. The fourth-order valence-electron chi connectivity index (χ4n) is 2.29. The SMILES string of the molecule is CCCOc1nc(NCCC(=O)N2CCCC2)ccc1N. The van der Waals surface area contributed by atoms with Gasteiger partial charge in [0.2, 0.25) is 11.8 Å². The van der Waals surface area contributed by atoms with Gasteiger partial charge in [0, 0.05) is 26.1 Å². The summed E-state index contributed by atoms with van der Waals surface area (Å²) in [6, 6.07) is 3.57. The van der Waals surface area contributed by atoms with Gasteiger partial charge in [-0.25, -0.2) is 0 Å². The van der Waals surface area contributed by atoms with Crippen molar-refractivity contribution >= 4 is 17.4 Å². The molecule has 0 saturated carbocycles. The molecule has 0 atom stereocenters. The Morgan fingerprint density at radius 2 is 2.19 bits per heavy atom. The Labute approximate surface area is 125 Å². The molecular formula is C15H24N4O2. The van der Waals surface area contributed by atoms with Gasteiger partial charge in [0.15, 0.2) is 0 Å². The van der Waals surface area contributed by atoms with E-state index in [1.54, 1.807) is 12.1 Å². The van der Waals surface area contributed by atoms with E-state index in [-0.39, 0.29) is 5.91 Å². The lowest BCUT2D eigenvalue weighted by Gasteiger charge is -2.15. The molecule has 1 aliphatic rings. The number of nitrogens with zero attached hydrogens (tertiary/aromatic N) is 2. The average Bonchev–Trinajstić information content (AvgIpc) is 3.02. The minimum Gasteiger partial charge on any atom is -0.476 e. The number of carbonyl (C=O) groups is 1. The van der Waals surface area contributed by atoms with Crippen LogP contribution in [-0.4, -0.2) is 42.0 Å². The molecule has 1 fully saturated rings. The Balaban J connectivity index is 1.80. The second-order valence-corrected chi connectivity index (χ2v) is 5.20. The number of rotatable bonds is 7. The first-order chi connectivity index (χ1) is 10.2. The van der Waals surface area contributed by atoms with Crippen LogP contribution in [0.4, 0.5) is 11.5 Å². The maximum Gasteiger partial charge on any atom is 0.239 e. The van der Waals surface area contributed by atoms with Gasteiger partial charge in [-0.3, -0.25) is 4.79 Å². The molecule has 0 radical (unpaired) electrons. The van der Waals surface area contributed by atoms with Crippen molar-refractivity contribution in [2.24, 2.45) is 0 Å². The molecule has 0 aliphatic carbocycles. The lowest BCUT2D eigenvalue weighted by atomic mass is 10.3. The molecule has 1 aromatic rings. The molecule has 6 nitrogen and oxygen atoms in total. The van der Waals surface area contributed by atoms with Gasteiger partial charge in [-0.2, -0.15) is 4.98 Å². The Morgan fingerprint density at radius 3 is 2.90 bits per heavy atom. The van der Waals surface area contributed by atoms with Crippen LogP contribution < -0.4 is 15.8 Å². The van der Waals surface area contributed by atoms with Crippen LogP contribution in [0.3, 0.4) is 0 Å². The number of amides is 1. The lowest BCUT2D eigenvalue weighted by Crippen LogP contribution is -2.29. The minimum atomic E-state index is 0.206. The van der Waals surface area contributed by atoms with Gasteiger partial charge >= 0.3 is 0 Å². The molecule has 21 heavy (non-hydrogen) atoms. The summed E-state index contributed by atoms with van der Waals surface area (Å²) < 4.78 is 5.48. The second-order valence-electron chi connectivity index (χ2n) is 5.20. The Morgan fingerprint density at radius 1 is 1.43 bits per heavy atom. The third-order valence-corrected chi connectivity index (χ3v) is 3.44. The summed E-state index contributed by atoms with van der Waals surface area (Å²) in [6.07, 6.45) is 3.63. The van der Waals surface area contributed by atoms with Crippen LogP contribution in [0, 0.1) is 0 Å². The largest absolute Gasteiger partial charge is 0.476 e. The average molecular weight is 292 g/mol. The van der Waals surface area contributed by atoms with Crippen LogP contribution in [-0.2, 0) is 4.79 Å². The predicted octanol–water partition coefficient (Wildman–Crippen LogP) is 1.88. The van der Waals surface area contributed by atoms with E-state index in [0.717, 1.165) is 32.4 Å². The Hall–Kier alpha value is -1.98. The van der Waals surface area contributed by atoms with Crippen molar-refractivity contribution in [3.63, 3.8) is 0 Å². The van der Waals surface area contributed by atoms with Crippen LogP contribution in [0.1, 0.15) is 32.6 Å². The zero-order valence-corrected chi connectivity index (χ0v) is 12.6. The van der Waals surface area contributed by atoms with E-state index in [4.69, 9.17) is 10.5 Å². The van der Waals surface area contributed by atoms with Crippen molar-refractivity contribution in [3.8, 4) is 5.88 Å². The van der Waals surface area contributed by atoms with E-state index < -0.39 is 0 Å². The molecule has 6 heteroatoms. The molecule has 116 valence electrons. The summed E-state index contributed by atoms with van der Waals surface area (Å²) in [6.45, 7) is 4.98. The molecule has 0 spiro atoms. The predicted molar refractivity (Wildman–Crippen MR) is 83.4 cm³/mol. The van der Waals surface area contributed by atoms with E-state index in [0.29, 0.717) is 37.0 Å². The number of aromatic nitrogens is 1. The van der Waals surface area contributed by atoms with Crippen LogP contribution in [0.25, 0.3) is 0 Å². The fraction of sp³-hybridized carbons (Fsp3) is 0.600. The first-order valence-electron chi connectivity index (χ1n) is 7.61. The van der Waals surface area contributed by atoms with Crippen molar-refractivity contribution in [2.45, 2.75) is 32.6 Å². The van der Waals surface area contributed by atoms with Gasteiger partial charge in [0.25, 0.3) is 0 Å². The molecule has 3 N–H and O–H groups in total. The van der Waals surface area contributed by atoms with Crippen LogP contribution in [0.15, 0.2) is 12.1 Å². The number of nitrogens with two attached hydrogens (primary N) is 1. The Bertz CT molecular complexity index is 473. The van der Waals surface area contributed by atoms with E-state index in [1.165, 1.54) is 0 Å². The normalized spacial score (nSPS) is 14.2. The number of nitrogen functional groups attached to an aromatic ring is 1. The van der Waals surface area contributed by atoms with Gasteiger partial charge in [0.1, 0.15) is 5.82 Å². The molecular weight excluding hydrogens is 268 g/mol. The zero-order chi connectivity index (χ0) is 15.1. The van der Waals surface area contributed by atoms with Gasteiger partial charge in [-0.15, -0.1) is 0 Å². The highest BCUT2D eigenvalue weighted by molar-refractivity contribution is 5.76. The highest BCUT2D eigenvalue weighted by Gasteiger charge is 2.17. The van der Waals surface area contributed by atoms with E-state index >= 15 is 0 Å². The zero-order valence-electron chi connectivity index (χ0n) is 12.6. The number of likely N-dealkylation sites (tertiary alicyclic amines) is 1. The first-order valence-corrected chi connectivity index (χ1v) is 7.61. The van der Waals surface area contributed by atoms with Crippen molar-refractivity contribution < 1.29 is 9.53 Å². The van der Waals surface area contributed by atoms with Crippen molar-refractivity contribution in [2.75, 3.05) is 37.3 Å². The molecule has 1 aliphatic heterocycles. The van der Waals surface area contributed by atoms with Crippen LogP contribution in [0.2, 0.25) is 0 Å². The van der Waals surface area contributed by atoms with E-state index in [2.05, 4.69) is 10.3 Å². The number of carbonyl (C=O) groups excluding carboxylic acids is 1. The molecule has 1 amide bonds. The summed E-state index contributed by atoms with van der Waals surface area (Å²) in [5, 5.41) is 3.15. The summed E-state index contributed by atoms with van der Waals surface area (Å²) >= 11 is 0. The molecule has 0 aromatic carbocycles. The summed E-state index contributed by atoms with van der Waals surface area (Å²) in [5.74, 6) is 1.34. The number of ether oxygens (including phenoxy) is 1. The van der Waals surface area contributed by atoms with E-state index in [9.17, 15) is 4.79 Å². The lowest BCUT2D eigenvalue weighted by molar-refractivity contribution is -0.129. The number of nitrogens with one attached hydrogen (secondary N) is 1. The standard InChI is InChI=1S/C15H24N4O2/c1-2-11-21-15-12(16)5-6-13(18-15)17-8-7-14(20)19-9-3-4-10-19/h5-6H,2-4,7-11,16H2,1H3,(H,17,18). The monoisotopic (exact) mass is 292 g/mol. The summed E-state index contributed by atoms with van der Waals surface area (Å²) in [7, 11) is 0. The van der Waals surface area contributed by atoms with Crippen molar-refractivity contribution in [1.29, 1.82) is 0 Å². The quantitative estimate of drug-likeness (QED) is 0.802. The van der Waals surface area contributed by atoms with Crippen LogP contribution >= 0.6 is 0 Å². The topological polar surface area (TPSA) is 80.5 Å². The van der Waals surface area contributed by atoms with Gasteiger partial charge in [0.05, 0.1) is 12.3 Å². The maximum absolute atomic E-state index is 11.9. The third kappa shape index (κ3) is 4.51. The van der Waals surface area contributed by atoms with Crippen molar-refractivity contribution in [1.82, 2.24) is 9.88 Å². The number of anilines is 2. The fourth-order valence-corrected chi connectivity index (χ4v) is 2.29. The van der Waals surface area contributed by atoms with Gasteiger partial charge < -0.3 is 20.7 Å². The maximum atomic E-state index is 11.9. The second kappa shape index (κ2) is 7.71. The molecule has 1 aromatic heterocycles. The molecule has 1 saturated heterocycles. The smallest absolute Gasteiger partial charge is 0.239 e. The number of hydrogen-bond donors (Lipinski definition) is 2. The van der Waals surface area contributed by atoms with Crippen molar-refractivity contribution in [3.05, 3.63) is 12.1 Å².